The van der Waals surface area contributed by atoms with Crippen molar-refractivity contribution in [3.05, 3.63) is 41.3 Å². The summed E-state index contributed by atoms with van der Waals surface area (Å²) in [5.74, 6) is 0.708. The summed E-state index contributed by atoms with van der Waals surface area (Å²) in [4.78, 5) is 16.6. The third-order valence-electron chi connectivity index (χ3n) is 4.03. The molecule has 1 aromatic carbocycles. The van der Waals surface area contributed by atoms with Gasteiger partial charge in [-0.2, -0.15) is 4.80 Å². The topological polar surface area (TPSA) is 97.7 Å². The van der Waals surface area contributed by atoms with Crippen LogP contribution in [0.1, 0.15) is 44.6 Å². The van der Waals surface area contributed by atoms with Gasteiger partial charge in [0.15, 0.2) is 5.82 Å². The summed E-state index contributed by atoms with van der Waals surface area (Å²) in [6, 6.07) is 6.26. The fourth-order valence-electron chi connectivity index (χ4n) is 2.82. The molecule has 0 spiro atoms. The molecule has 3 rings (SSSR count). The first-order valence-corrected chi connectivity index (χ1v) is 9.16. The normalized spacial score (nSPS) is 11.7. The van der Waals surface area contributed by atoms with Crippen LogP contribution in [0.5, 0.6) is 0 Å². The molecule has 2 heterocycles. The maximum atomic E-state index is 11.8. The van der Waals surface area contributed by atoms with Crippen molar-refractivity contribution in [3.8, 4) is 0 Å². The Balaban J connectivity index is 1.65. The van der Waals surface area contributed by atoms with Gasteiger partial charge < -0.3 is 15.0 Å². The zero-order chi connectivity index (χ0) is 19.4. The molecule has 0 aliphatic carbocycles. The number of nitrogens with zero attached hydrogens (tertiary/aromatic N) is 4. The lowest BCUT2D eigenvalue weighted by Crippen LogP contribution is -2.33. The lowest BCUT2D eigenvalue weighted by Gasteiger charge is -2.19. The number of fused-ring (bicyclic) bond motifs is 1. The summed E-state index contributed by atoms with van der Waals surface area (Å²) in [5, 5.41) is 16.4. The van der Waals surface area contributed by atoms with Crippen molar-refractivity contribution in [2.24, 2.45) is 0 Å². The molecule has 0 saturated carbocycles. The van der Waals surface area contributed by atoms with Gasteiger partial charge in [-0.1, -0.05) is 6.07 Å². The number of carbonyl (C=O) groups is 1. The molecular weight excluding hydrogens is 344 g/mol. The van der Waals surface area contributed by atoms with Crippen molar-refractivity contribution in [2.45, 2.75) is 52.7 Å². The fourth-order valence-corrected chi connectivity index (χ4v) is 2.82. The van der Waals surface area contributed by atoms with Crippen molar-refractivity contribution in [1.29, 1.82) is 0 Å². The molecule has 1 amide bonds. The first-order valence-electron chi connectivity index (χ1n) is 9.16. The Kier molecular flexibility index (Phi) is 5.43. The number of hydrogen-bond donors (Lipinski definition) is 2. The number of ether oxygens (including phenoxy) is 1. The van der Waals surface area contributed by atoms with Crippen molar-refractivity contribution in [2.75, 3.05) is 6.54 Å². The molecule has 0 atom stereocenters. The molecule has 0 fully saturated rings. The number of H-pyrrole nitrogens is 1. The molecule has 3 aromatic rings. The van der Waals surface area contributed by atoms with E-state index in [-0.39, 0.29) is 0 Å². The van der Waals surface area contributed by atoms with Gasteiger partial charge in [-0.15, -0.1) is 10.2 Å². The Morgan fingerprint density at radius 2 is 2.15 bits per heavy atom. The van der Waals surface area contributed by atoms with E-state index in [9.17, 15) is 4.79 Å². The minimum atomic E-state index is -0.493. The Morgan fingerprint density at radius 3 is 2.85 bits per heavy atom. The average Bonchev–Trinajstić information content (AvgIpc) is 3.20. The summed E-state index contributed by atoms with van der Waals surface area (Å²) < 4.78 is 5.26. The summed E-state index contributed by atoms with van der Waals surface area (Å²) in [5.41, 5.74) is 2.84. The Bertz CT molecular complexity index is 922. The highest BCUT2D eigenvalue weighted by atomic mass is 16.6. The first kappa shape index (κ1) is 18.9. The second-order valence-electron chi connectivity index (χ2n) is 7.44. The lowest BCUT2D eigenvalue weighted by molar-refractivity contribution is 0.0528. The zero-order valence-corrected chi connectivity index (χ0v) is 16.2. The van der Waals surface area contributed by atoms with Crippen LogP contribution in [0.4, 0.5) is 4.79 Å². The van der Waals surface area contributed by atoms with E-state index in [2.05, 4.69) is 43.9 Å². The highest BCUT2D eigenvalue weighted by Crippen LogP contribution is 2.21. The molecule has 0 bridgehead atoms. The van der Waals surface area contributed by atoms with E-state index >= 15 is 0 Å². The van der Waals surface area contributed by atoms with Crippen LogP contribution in [0.3, 0.4) is 0 Å². The molecule has 2 aromatic heterocycles. The van der Waals surface area contributed by atoms with Gasteiger partial charge in [0.1, 0.15) is 5.60 Å². The van der Waals surface area contributed by atoms with Gasteiger partial charge in [0.25, 0.3) is 0 Å². The Morgan fingerprint density at radius 1 is 1.33 bits per heavy atom. The molecule has 8 heteroatoms. The summed E-state index contributed by atoms with van der Waals surface area (Å²) in [7, 11) is 0. The van der Waals surface area contributed by atoms with Crippen LogP contribution < -0.4 is 5.32 Å². The quantitative estimate of drug-likeness (QED) is 0.695. The number of aromatic nitrogens is 5. The SMILES string of the molecule is CCn1nnc(Cc2ccc3[nH]cc(CCNC(=O)OC(C)(C)C)c3c2)n1. The fraction of sp³-hybridized carbons (Fsp3) is 0.474. The highest BCUT2D eigenvalue weighted by Gasteiger charge is 2.15. The molecule has 144 valence electrons. The van der Waals surface area contributed by atoms with Crippen LogP contribution in [0.25, 0.3) is 10.9 Å². The summed E-state index contributed by atoms with van der Waals surface area (Å²) in [6.45, 7) is 8.75. The Hall–Kier alpha value is -2.90. The Labute approximate surface area is 158 Å². The van der Waals surface area contributed by atoms with E-state index in [0.29, 0.717) is 31.8 Å². The van der Waals surface area contributed by atoms with E-state index in [1.807, 2.05) is 33.9 Å². The molecule has 8 nitrogen and oxygen atoms in total. The smallest absolute Gasteiger partial charge is 0.407 e. The lowest BCUT2D eigenvalue weighted by atomic mass is 10.1. The van der Waals surface area contributed by atoms with Crippen LogP contribution >= 0.6 is 0 Å². The number of hydrogen-bond acceptors (Lipinski definition) is 5. The van der Waals surface area contributed by atoms with Gasteiger partial charge in [-0.05, 0) is 62.6 Å². The largest absolute Gasteiger partial charge is 0.444 e. The number of aromatic amines is 1. The van der Waals surface area contributed by atoms with Gasteiger partial charge in [0, 0.05) is 30.1 Å². The van der Waals surface area contributed by atoms with E-state index < -0.39 is 11.7 Å². The van der Waals surface area contributed by atoms with E-state index in [1.165, 1.54) is 0 Å². The van der Waals surface area contributed by atoms with Crippen LogP contribution in [-0.4, -0.2) is 43.4 Å². The molecule has 0 unspecified atom stereocenters. The molecule has 2 N–H and O–H groups in total. The number of aryl methyl sites for hydroxylation is 1. The number of alkyl carbamates (subject to hydrolysis) is 1. The van der Waals surface area contributed by atoms with Crippen LogP contribution in [0.2, 0.25) is 0 Å². The number of amides is 1. The van der Waals surface area contributed by atoms with Gasteiger partial charge in [-0.25, -0.2) is 4.79 Å². The van der Waals surface area contributed by atoms with Crippen LogP contribution in [0.15, 0.2) is 24.4 Å². The van der Waals surface area contributed by atoms with Crippen molar-refractivity contribution < 1.29 is 9.53 Å². The number of rotatable bonds is 6. The van der Waals surface area contributed by atoms with Crippen molar-refractivity contribution in [1.82, 2.24) is 30.5 Å². The third kappa shape index (κ3) is 5.06. The van der Waals surface area contributed by atoms with Crippen LogP contribution in [-0.2, 0) is 24.1 Å². The van der Waals surface area contributed by atoms with Gasteiger partial charge in [0.2, 0.25) is 0 Å². The predicted octanol–water partition coefficient (Wildman–Crippen LogP) is 2.83. The average molecular weight is 370 g/mol. The number of benzene rings is 1. The van der Waals surface area contributed by atoms with Gasteiger partial charge in [0.05, 0.1) is 6.54 Å². The van der Waals surface area contributed by atoms with Gasteiger partial charge in [-0.3, -0.25) is 0 Å². The standard InChI is InChI=1S/C19H26N6O2/c1-5-25-23-17(22-24-25)11-13-6-7-16-15(10-13)14(12-21-16)8-9-20-18(26)27-19(2,3)4/h6-7,10,12,21H,5,8-9,11H2,1-4H3,(H,20,26). The van der Waals surface area contributed by atoms with Crippen LogP contribution in [0, 0.1) is 0 Å². The molecule has 0 aliphatic rings. The maximum absolute atomic E-state index is 11.8. The van der Waals surface area contributed by atoms with E-state index in [4.69, 9.17) is 4.74 Å². The first-order chi connectivity index (χ1) is 12.8. The number of tetrazole rings is 1. The molecule has 0 aliphatic heterocycles. The minimum absolute atomic E-state index is 0.395. The zero-order valence-electron chi connectivity index (χ0n) is 16.2. The molecular formula is C19H26N6O2. The summed E-state index contributed by atoms with van der Waals surface area (Å²) >= 11 is 0. The molecule has 27 heavy (non-hydrogen) atoms. The second-order valence-corrected chi connectivity index (χ2v) is 7.44. The number of carbonyl (C=O) groups excluding carboxylic acids is 1. The second kappa shape index (κ2) is 7.77. The molecule has 0 radical (unpaired) electrons. The van der Waals surface area contributed by atoms with Crippen molar-refractivity contribution >= 4 is 17.0 Å². The van der Waals surface area contributed by atoms with E-state index in [0.717, 1.165) is 22.0 Å². The third-order valence-corrected chi connectivity index (χ3v) is 4.03. The van der Waals surface area contributed by atoms with Gasteiger partial charge >= 0.3 is 6.09 Å². The predicted molar refractivity (Wildman–Crippen MR) is 103 cm³/mol. The number of nitrogens with one attached hydrogen (secondary N) is 2. The van der Waals surface area contributed by atoms with E-state index in [1.54, 1.807) is 4.80 Å². The molecule has 0 saturated heterocycles. The minimum Gasteiger partial charge on any atom is -0.444 e. The maximum Gasteiger partial charge on any atom is 0.407 e. The summed E-state index contributed by atoms with van der Waals surface area (Å²) in [6.07, 6.45) is 2.94. The van der Waals surface area contributed by atoms with Crippen molar-refractivity contribution in [3.63, 3.8) is 0 Å². The highest BCUT2D eigenvalue weighted by molar-refractivity contribution is 5.84. The monoisotopic (exact) mass is 370 g/mol.